The van der Waals surface area contributed by atoms with Gasteiger partial charge in [0.15, 0.2) is 0 Å². The fraction of sp³-hybridized carbons (Fsp3) is 0.200. The van der Waals surface area contributed by atoms with E-state index in [0.29, 0.717) is 0 Å². The lowest BCUT2D eigenvalue weighted by molar-refractivity contribution is 0.911. The van der Waals surface area contributed by atoms with Gasteiger partial charge in [-0.05, 0) is 23.6 Å². The van der Waals surface area contributed by atoms with Crippen molar-refractivity contribution >= 4 is 35.1 Å². The largest absolute Gasteiger partial charge is 0.347 e. The Morgan fingerprint density at radius 2 is 2.15 bits per heavy atom. The number of thiol groups is 1. The number of rotatable bonds is 1. The summed E-state index contributed by atoms with van der Waals surface area (Å²) in [6.45, 7) is 0. The van der Waals surface area contributed by atoms with Crippen LogP contribution in [0.1, 0.15) is 5.69 Å². The standard InChI is InChI=1S/C10H10ClNS/c1-12-9(6-13)4-7-2-3-8(11)5-10(7)12/h2-5,13H,6H2,1H3. The fourth-order valence-corrected chi connectivity index (χ4v) is 1.98. The molecule has 1 aromatic carbocycles. The Balaban J connectivity index is 2.77. The minimum Gasteiger partial charge on any atom is -0.347 e. The molecule has 0 saturated carbocycles. The smallest absolute Gasteiger partial charge is 0.0495 e. The van der Waals surface area contributed by atoms with E-state index in [9.17, 15) is 0 Å². The summed E-state index contributed by atoms with van der Waals surface area (Å²) >= 11 is 10.2. The van der Waals surface area contributed by atoms with Crippen molar-refractivity contribution in [1.29, 1.82) is 0 Å². The zero-order chi connectivity index (χ0) is 9.42. The van der Waals surface area contributed by atoms with Crippen molar-refractivity contribution in [3.63, 3.8) is 0 Å². The molecule has 0 amide bonds. The number of hydrogen-bond acceptors (Lipinski definition) is 1. The van der Waals surface area contributed by atoms with Crippen LogP contribution >= 0.6 is 24.2 Å². The maximum Gasteiger partial charge on any atom is 0.0495 e. The van der Waals surface area contributed by atoms with Gasteiger partial charge in [0.25, 0.3) is 0 Å². The Morgan fingerprint density at radius 3 is 2.85 bits per heavy atom. The molecule has 0 fully saturated rings. The molecule has 0 spiro atoms. The van der Waals surface area contributed by atoms with E-state index in [1.165, 1.54) is 11.1 Å². The van der Waals surface area contributed by atoms with Crippen molar-refractivity contribution in [3.8, 4) is 0 Å². The van der Waals surface area contributed by atoms with Gasteiger partial charge in [-0.25, -0.2) is 0 Å². The second kappa shape index (κ2) is 3.28. The average molecular weight is 212 g/mol. The van der Waals surface area contributed by atoms with Gasteiger partial charge in [0.05, 0.1) is 0 Å². The Morgan fingerprint density at radius 1 is 1.38 bits per heavy atom. The van der Waals surface area contributed by atoms with Crippen LogP contribution in [0.15, 0.2) is 24.3 Å². The molecule has 0 radical (unpaired) electrons. The number of benzene rings is 1. The molecule has 0 atom stereocenters. The molecule has 2 rings (SSSR count). The van der Waals surface area contributed by atoms with E-state index in [-0.39, 0.29) is 0 Å². The third kappa shape index (κ3) is 1.45. The molecular formula is C10H10ClNS. The first-order valence-electron chi connectivity index (χ1n) is 4.07. The summed E-state index contributed by atoms with van der Waals surface area (Å²) in [5, 5.41) is 2.00. The zero-order valence-electron chi connectivity index (χ0n) is 7.29. The van der Waals surface area contributed by atoms with Crippen molar-refractivity contribution in [3.05, 3.63) is 35.0 Å². The fourth-order valence-electron chi connectivity index (χ4n) is 1.51. The first kappa shape index (κ1) is 8.97. The van der Waals surface area contributed by atoms with Crippen molar-refractivity contribution < 1.29 is 0 Å². The SMILES string of the molecule is Cn1c(CS)cc2ccc(Cl)cc21. The summed E-state index contributed by atoms with van der Waals surface area (Å²) in [6, 6.07) is 8.05. The van der Waals surface area contributed by atoms with E-state index in [4.69, 9.17) is 11.6 Å². The Kier molecular flexibility index (Phi) is 2.26. The molecule has 0 N–H and O–H groups in total. The molecule has 1 heterocycles. The number of halogens is 1. The Hall–Kier alpha value is -0.600. The number of aryl methyl sites for hydroxylation is 1. The van der Waals surface area contributed by atoms with Gasteiger partial charge in [-0.2, -0.15) is 12.6 Å². The van der Waals surface area contributed by atoms with Gasteiger partial charge < -0.3 is 4.57 Å². The Labute approximate surface area is 87.7 Å². The van der Waals surface area contributed by atoms with Crippen LogP contribution in [0.25, 0.3) is 10.9 Å². The van der Waals surface area contributed by atoms with Crippen molar-refractivity contribution in [2.24, 2.45) is 7.05 Å². The van der Waals surface area contributed by atoms with Crippen LogP contribution < -0.4 is 0 Å². The molecule has 13 heavy (non-hydrogen) atoms. The van der Waals surface area contributed by atoms with Gasteiger partial charge in [-0.15, -0.1) is 0 Å². The van der Waals surface area contributed by atoms with Gasteiger partial charge in [0.1, 0.15) is 0 Å². The van der Waals surface area contributed by atoms with E-state index in [1.807, 2.05) is 25.2 Å². The maximum absolute atomic E-state index is 5.91. The summed E-state index contributed by atoms with van der Waals surface area (Å²) in [4.78, 5) is 0. The van der Waals surface area contributed by atoms with Crippen LogP contribution in [-0.2, 0) is 12.8 Å². The van der Waals surface area contributed by atoms with Crippen LogP contribution in [0.5, 0.6) is 0 Å². The van der Waals surface area contributed by atoms with Gasteiger partial charge in [0.2, 0.25) is 0 Å². The highest BCUT2D eigenvalue weighted by atomic mass is 35.5. The molecule has 3 heteroatoms. The number of fused-ring (bicyclic) bond motifs is 1. The van der Waals surface area contributed by atoms with Crippen molar-refractivity contribution in [2.75, 3.05) is 0 Å². The number of hydrogen-bond donors (Lipinski definition) is 1. The van der Waals surface area contributed by atoms with E-state index in [1.54, 1.807) is 0 Å². The van der Waals surface area contributed by atoms with Gasteiger partial charge in [-0.1, -0.05) is 17.7 Å². The lowest BCUT2D eigenvalue weighted by atomic mass is 10.2. The molecule has 0 bridgehead atoms. The van der Waals surface area contributed by atoms with E-state index < -0.39 is 0 Å². The highest BCUT2D eigenvalue weighted by molar-refractivity contribution is 7.79. The van der Waals surface area contributed by atoms with Gasteiger partial charge in [0, 0.05) is 29.0 Å². The van der Waals surface area contributed by atoms with Crippen LogP contribution in [0.4, 0.5) is 0 Å². The molecule has 2 aromatic rings. The predicted octanol–water partition coefficient (Wildman–Crippen LogP) is 3.26. The van der Waals surface area contributed by atoms with Gasteiger partial charge in [-0.3, -0.25) is 0 Å². The minimum absolute atomic E-state index is 0.753. The third-order valence-corrected chi connectivity index (χ3v) is 2.83. The molecular weight excluding hydrogens is 202 g/mol. The molecule has 0 aliphatic rings. The second-order valence-electron chi connectivity index (χ2n) is 3.06. The topological polar surface area (TPSA) is 4.93 Å². The zero-order valence-corrected chi connectivity index (χ0v) is 8.94. The molecule has 0 aliphatic carbocycles. The van der Waals surface area contributed by atoms with Crippen LogP contribution in [0.3, 0.4) is 0 Å². The highest BCUT2D eigenvalue weighted by Crippen LogP contribution is 2.23. The van der Waals surface area contributed by atoms with Crippen LogP contribution in [-0.4, -0.2) is 4.57 Å². The number of aromatic nitrogens is 1. The highest BCUT2D eigenvalue weighted by Gasteiger charge is 2.03. The minimum atomic E-state index is 0.753. The summed E-state index contributed by atoms with van der Waals surface area (Å²) in [6.07, 6.45) is 0. The monoisotopic (exact) mass is 211 g/mol. The first-order valence-corrected chi connectivity index (χ1v) is 5.08. The van der Waals surface area contributed by atoms with Crippen molar-refractivity contribution in [2.45, 2.75) is 5.75 Å². The third-order valence-electron chi connectivity index (χ3n) is 2.27. The van der Waals surface area contributed by atoms with Crippen LogP contribution in [0, 0.1) is 0 Å². The summed E-state index contributed by atoms with van der Waals surface area (Å²) in [5.41, 5.74) is 2.37. The van der Waals surface area contributed by atoms with Crippen LogP contribution in [0.2, 0.25) is 5.02 Å². The molecule has 0 unspecified atom stereocenters. The summed E-state index contributed by atoms with van der Waals surface area (Å²) in [7, 11) is 2.03. The quantitative estimate of drug-likeness (QED) is 0.691. The predicted molar refractivity (Wildman–Crippen MR) is 60.6 cm³/mol. The summed E-state index contributed by atoms with van der Waals surface area (Å²) < 4.78 is 2.12. The van der Waals surface area contributed by atoms with E-state index in [0.717, 1.165) is 16.3 Å². The molecule has 0 saturated heterocycles. The second-order valence-corrected chi connectivity index (χ2v) is 3.81. The lowest BCUT2D eigenvalue weighted by Crippen LogP contribution is -1.91. The summed E-state index contributed by atoms with van der Waals surface area (Å²) in [5.74, 6) is 0.753. The molecule has 1 nitrogen and oxygen atoms in total. The van der Waals surface area contributed by atoms with Crippen molar-refractivity contribution in [1.82, 2.24) is 4.57 Å². The number of nitrogens with zero attached hydrogens (tertiary/aromatic N) is 1. The molecule has 1 aromatic heterocycles. The maximum atomic E-state index is 5.91. The van der Waals surface area contributed by atoms with Gasteiger partial charge >= 0.3 is 0 Å². The molecule has 68 valence electrons. The molecule has 0 aliphatic heterocycles. The average Bonchev–Trinajstić information content (AvgIpc) is 2.44. The Bertz CT molecular complexity index is 447. The van der Waals surface area contributed by atoms with E-state index >= 15 is 0 Å². The van der Waals surface area contributed by atoms with E-state index in [2.05, 4.69) is 23.3 Å². The first-order chi connectivity index (χ1) is 6.22. The normalized spacial score (nSPS) is 11.0. The lowest BCUT2D eigenvalue weighted by Gasteiger charge is -2.00.